The summed E-state index contributed by atoms with van der Waals surface area (Å²) in [7, 11) is 0. The third-order valence-corrected chi connectivity index (χ3v) is 5.05. The van der Waals surface area contributed by atoms with Crippen molar-refractivity contribution in [2.75, 3.05) is 26.2 Å². The number of aryl methyl sites for hydroxylation is 1. The van der Waals surface area contributed by atoms with E-state index in [2.05, 4.69) is 0 Å². The molecule has 0 bridgehead atoms. The third kappa shape index (κ3) is 4.73. The molecule has 27 heavy (non-hydrogen) atoms. The van der Waals surface area contributed by atoms with Gasteiger partial charge in [0.15, 0.2) is 0 Å². The Hall–Kier alpha value is -2.69. The number of hydrogen-bond acceptors (Lipinski definition) is 2. The molecule has 2 aromatic carbocycles. The van der Waals surface area contributed by atoms with Crippen molar-refractivity contribution in [3.8, 4) is 0 Å². The van der Waals surface area contributed by atoms with Gasteiger partial charge in [-0.1, -0.05) is 36.8 Å². The minimum absolute atomic E-state index is 0.0152. The molecule has 0 N–H and O–H groups in total. The third-order valence-electron chi connectivity index (χ3n) is 5.05. The molecule has 142 valence electrons. The van der Waals surface area contributed by atoms with Gasteiger partial charge in [0.05, 0.1) is 0 Å². The van der Waals surface area contributed by atoms with Gasteiger partial charge < -0.3 is 9.80 Å². The summed E-state index contributed by atoms with van der Waals surface area (Å²) < 4.78 is 13.0. The molecule has 1 aliphatic rings. The lowest BCUT2D eigenvalue weighted by Gasteiger charge is -2.36. The summed E-state index contributed by atoms with van der Waals surface area (Å²) in [6, 6.07) is 13.8. The Morgan fingerprint density at radius 3 is 2.07 bits per heavy atom. The van der Waals surface area contributed by atoms with Gasteiger partial charge in [-0.25, -0.2) is 4.39 Å². The molecule has 4 nitrogen and oxygen atoms in total. The van der Waals surface area contributed by atoms with Crippen molar-refractivity contribution in [3.63, 3.8) is 0 Å². The molecule has 2 amide bonds. The summed E-state index contributed by atoms with van der Waals surface area (Å²) in [6.45, 7) is 6.07. The van der Waals surface area contributed by atoms with Crippen LogP contribution in [0.5, 0.6) is 0 Å². The number of nitrogens with zero attached hydrogens (tertiary/aromatic N) is 2. The van der Waals surface area contributed by atoms with Crippen LogP contribution in [0.2, 0.25) is 0 Å². The summed E-state index contributed by atoms with van der Waals surface area (Å²) in [5.74, 6) is -0.342. The Bertz CT molecular complexity index is 794. The highest BCUT2D eigenvalue weighted by molar-refractivity contribution is 5.94. The Kier molecular flexibility index (Phi) is 5.89. The van der Waals surface area contributed by atoms with Crippen LogP contribution in [0.1, 0.15) is 28.4 Å². The van der Waals surface area contributed by atoms with E-state index in [1.165, 1.54) is 12.1 Å². The standard InChI is InChI=1S/C22H25FN2O2/c1-16-3-7-19(8-4-16)22(27)25-13-11-24(12-14-25)21(26)17(2)15-18-5-9-20(23)10-6-18/h3-10,17H,11-15H2,1-2H3. The number of carbonyl (C=O) groups excluding carboxylic acids is 2. The average molecular weight is 368 g/mol. The molecular formula is C22H25FN2O2. The van der Waals surface area contributed by atoms with Gasteiger partial charge in [-0.05, 0) is 43.2 Å². The Labute approximate surface area is 159 Å². The Morgan fingerprint density at radius 1 is 0.926 bits per heavy atom. The molecule has 1 atom stereocenters. The van der Waals surface area contributed by atoms with Crippen LogP contribution < -0.4 is 0 Å². The van der Waals surface area contributed by atoms with Gasteiger partial charge in [-0.15, -0.1) is 0 Å². The zero-order valence-corrected chi connectivity index (χ0v) is 15.8. The van der Waals surface area contributed by atoms with Crippen LogP contribution in [0.4, 0.5) is 4.39 Å². The van der Waals surface area contributed by atoms with Gasteiger partial charge in [-0.3, -0.25) is 9.59 Å². The minimum Gasteiger partial charge on any atom is -0.339 e. The van der Waals surface area contributed by atoms with E-state index < -0.39 is 0 Å². The zero-order chi connectivity index (χ0) is 19.4. The maximum absolute atomic E-state index is 13.0. The zero-order valence-electron chi connectivity index (χ0n) is 15.8. The maximum Gasteiger partial charge on any atom is 0.253 e. The number of piperazine rings is 1. The summed E-state index contributed by atoms with van der Waals surface area (Å²) in [4.78, 5) is 28.9. The molecule has 3 rings (SSSR count). The van der Waals surface area contributed by atoms with Crippen molar-refractivity contribution in [1.29, 1.82) is 0 Å². The van der Waals surface area contributed by atoms with Crippen molar-refractivity contribution in [3.05, 3.63) is 71.0 Å². The van der Waals surface area contributed by atoms with Crippen molar-refractivity contribution in [1.82, 2.24) is 9.80 Å². The molecule has 2 aromatic rings. The summed E-state index contributed by atoms with van der Waals surface area (Å²) in [6.07, 6.45) is 0.585. The van der Waals surface area contributed by atoms with Gasteiger partial charge in [0, 0.05) is 37.7 Å². The average Bonchev–Trinajstić information content (AvgIpc) is 2.69. The highest BCUT2D eigenvalue weighted by Crippen LogP contribution is 2.15. The van der Waals surface area contributed by atoms with Crippen LogP contribution in [-0.2, 0) is 11.2 Å². The van der Waals surface area contributed by atoms with Gasteiger partial charge in [-0.2, -0.15) is 0 Å². The second kappa shape index (κ2) is 8.33. The molecule has 1 heterocycles. The fourth-order valence-corrected chi connectivity index (χ4v) is 3.38. The molecule has 0 radical (unpaired) electrons. The highest BCUT2D eigenvalue weighted by atomic mass is 19.1. The lowest BCUT2D eigenvalue weighted by atomic mass is 9.99. The molecule has 1 saturated heterocycles. The fraction of sp³-hybridized carbons (Fsp3) is 0.364. The van der Waals surface area contributed by atoms with E-state index in [-0.39, 0.29) is 23.5 Å². The van der Waals surface area contributed by atoms with Crippen LogP contribution >= 0.6 is 0 Å². The largest absolute Gasteiger partial charge is 0.339 e. The first-order valence-electron chi connectivity index (χ1n) is 9.33. The first-order valence-corrected chi connectivity index (χ1v) is 9.33. The monoisotopic (exact) mass is 368 g/mol. The summed E-state index contributed by atoms with van der Waals surface area (Å²) in [5.41, 5.74) is 2.76. The van der Waals surface area contributed by atoms with E-state index >= 15 is 0 Å². The topological polar surface area (TPSA) is 40.6 Å². The SMILES string of the molecule is Cc1ccc(C(=O)N2CCN(C(=O)C(C)Cc3ccc(F)cc3)CC2)cc1. The van der Waals surface area contributed by atoms with Crippen LogP contribution in [-0.4, -0.2) is 47.8 Å². The molecule has 0 saturated carbocycles. The molecule has 0 spiro atoms. The second-order valence-electron chi connectivity index (χ2n) is 7.22. The van der Waals surface area contributed by atoms with Crippen molar-refractivity contribution in [2.45, 2.75) is 20.3 Å². The molecule has 0 aromatic heterocycles. The second-order valence-corrected chi connectivity index (χ2v) is 7.22. The number of carbonyl (C=O) groups is 2. The van der Waals surface area contributed by atoms with E-state index in [1.54, 1.807) is 17.0 Å². The predicted octanol–water partition coefficient (Wildman–Crippen LogP) is 3.30. The predicted molar refractivity (Wildman–Crippen MR) is 103 cm³/mol. The number of halogens is 1. The van der Waals surface area contributed by atoms with Crippen LogP contribution in [0.3, 0.4) is 0 Å². The van der Waals surface area contributed by atoms with Crippen LogP contribution in [0.25, 0.3) is 0 Å². The van der Waals surface area contributed by atoms with Crippen molar-refractivity contribution < 1.29 is 14.0 Å². The summed E-state index contributed by atoms with van der Waals surface area (Å²) >= 11 is 0. The number of benzene rings is 2. The molecule has 0 aliphatic carbocycles. The van der Waals surface area contributed by atoms with Crippen molar-refractivity contribution >= 4 is 11.8 Å². The van der Waals surface area contributed by atoms with E-state index in [0.29, 0.717) is 38.2 Å². The van der Waals surface area contributed by atoms with Gasteiger partial charge >= 0.3 is 0 Å². The quantitative estimate of drug-likeness (QED) is 0.831. The lowest BCUT2D eigenvalue weighted by Crippen LogP contribution is -2.51. The normalized spacial score (nSPS) is 15.5. The minimum atomic E-state index is -0.271. The first-order chi connectivity index (χ1) is 12.9. The van der Waals surface area contributed by atoms with E-state index in [9.17, 15) is 14.0 Å². The van der Waals surface area contributed by atoms with Gasteiger partial charge in [0.2, 0.25) is 5.91 Å². The van der Waals surface area contributed by atoms with E-state index in [0.717, 1.165) is 11.1 Å². The summed E-state index contributed by atoms with van der Waals surface area (Å²) in [5, 5.41) is 0. The maximum atomic E-state index is 13.0. The molecule has 5 heteroatoms. The smallest absolute Gasteiger partial charge is 0.253 e. The molecular weight excluding hydrogens is 343 g/mol. The Balaban J connectivity index is 1.53. The lowest BCUT2D eigenvalue weighted by molar-refractivity contribution is -0.136. The number of rotatable bonds is 4. The van der Waals surface area contributed by atoms with E-state index in [4.69, 9.17) is 0 Å². The van der Waals surface area contributed by atoms with E-state index in [1.807, 2.05) is 43.0 Å². The Morgan fingerprint density at radius 2 is 1.48 bits per heavy atom. The highest BCUT2D eigenvalue weighted by Gasteiger charge is 2.27. The molecule has 1 unspecified atom stereocenters. The molecule has 1 fully saturated rings. The number of hydrogen-bond donors (Lipinski definition) is 0. The van der Waals surface area contributed by atoms with Crippen LogP contribution in [0.15, 0.2) is 48.5 Å². The van der Waals surface area contributed by atoms with Gasteiger partial charge in [0.25, 0.3) is 5.91 Å². The fourth-order valence-electron chi connectivity index (χ4n) is 3.38. The van der Waals surface area contributed by atoms with Crippen LogP contribution in [0, 0.1) is 18.7 Å². The first kappa shape index (κ1) is 19.1. The number of amides is 2. The van der Waals surface area contributed by atoms with Gasteiger partial charge in [0.1, 0.15) is 5.82 Å². The van der Waals surface area contributed by atoms with Crippen molar-refractivity contribution in [2.24, 2.45) is 5.92 Å². The molecule has 1 aliphatic heterocycles.